The number of carbonyl (C=O) groups excluding carboxylic acids is 2. The maximum atomic E-state index is 12.6. The van der Waals surface area contributed by atoms with Crippen molar-refractivity contribution < 1.29 is 42.7 Å². The minimum absolute atomic E-state index is 0.0270. The van der Waals surface area contributed by atoms with Gasteiger partial charge in [0.15, 0.2) is 6.10 Å². The SMILES string of the molecule is CCCCC/C=C\C/C=C\C/C=C\C/C=C\CCCCCC(=O)OC[C@H](COP(=O)(O)OCCN)OC(=O)CCC/C=C\C/C=C\C/C=C\C=C\[C@@H](O)CCCCC. The Morgan fingerprint density at radius 1 is 0.603 bits per heavy atom. The molecule has 10 nitrogen and oxygen atoms in total. The van der Waals surface area contributed by atoms with Crippen molar-refractivity contribution in [3.05, 3.63) is 97.2 Å². The first-order valence-electron chi connectivity index (χ1n) is 21.8. The summed E-state index contributed by atoms with van der Waals surface area (Å²) in [4.78, 5) is 34.8. The number of aliphatic hydroxyl groups excluding tert-OH is 1. The number of aliphatic hydroxyl groups is 1. The quantitative estimate of drug-likeness (QED) is 0.0179. The number of allylic oxidation sites excluding steroid dienone is 15. The van der Waals surface area contributed by atoms with Crippen LogP contribution in [0.1, 0.15) is 149 Å². The van der Waals surface area contributed by atoms with Gasteiger partial charge in [0.05, 0.1) is 19.3 Å². The summed E-state index contributed by atoms with van der Waals surface area (Å²) in [7, 11) is -4.42. The fourth-order valence-corrected chi connectivity index (χ4v) is 6.01. The van der Waals surface area contributed by atoms with Crippen molar-refractivity contribution in [3.8, 4) is 0 Å². The molecule has 0 rings (SSSR count). The van der Waals surface area contributed by atoms with E-state index < -0.39 is 32.5 Å². The third-order valence-electron chi connectivity index (χ3n) is 8.55. The summed E-state index contributed by atoms with van der Waals surface area (Å²) >= 11 is 0. The topological polar surface area (TPSA) is 155 Å². The lowest BCUT2D eigenvalue weighted by molar-refractivity contribution is -0.161. The number of phosphoric ester groups is 1. The number of phosphoric acid groups is 1. The largest absolute Gasteiger partial charge is 0.472 e. The molecular weight excluding hydrogens is 753 g/mol. The van der Waals surface area contributed by atoms with Crippen molar-refractivity contribution >= 4 is 19.8 Å². The van der Waals surface area contributed by atoms with E-state index in [4.69, 9.17) is 24.3 Å². The van der Waals surface area contributed by atoms with Gasteiger partial charge in [-0.1, -0.05) is 150 Å². The molecule has 11 heteroatoms. The Kier molecular flexibility index (Phi) is 39.8. The van der Waals surface area contributed by atoms with E-state index in [1.165, 1.54) is 25.7 Å². The number of nitrogens with two attached hydrogens (primary N) is 1. The average molecular weight is 832 g/mol. The fraction of sp³-hybridized carbons (Fsp3) is 0.617. The molecule has 0 aliphatic rings. The van der Waals surface area contributed by atoms with Gasteiger partial charge < -0.3 is 25.2 Å². The molecule has 0 fully saturated rings. The normalized spacial score (nSPS) is 14.8. The summed E-state index contributed by atoms with van der Waals surface area (Å²) in [5, 5.41) is 9.89. The monoisotopic (exact) mass is 832 g/mol. The number of ether oxygens (including phenoxy) is 2. The van der Waals surface area contributed by atoms with E-state index in [0.717, 1.165) is 77.0 Å². The van der Waals surface area contributed by atoms with Crippen LogP contribution in [-0.2, 0) is 32.7 Å². The zero-order valence-corrected chi connectivity index (χ0v) is 36.7. The summed E-state index contributed by atoms with van der Waals surface area (Å²) in [6.07, 6.45) is 50.5. The molecular formula is C47H78NO9P. The van der Waals surface area contributed by atoms with Crippen LogP contribution >= 0.6 is 7.82 Å². The average Bonchev–Trinajstić information content (AvgIpc) is 3.20. The van der Waals surface area contributed by atoms with Crippen molar-refractivity contribution in [2.75, 3.05) is 26.4 Å². The highest BCUT2D eigenvalue weighted by Gasteiger charge is 2.25. The van der Waals surface area contributed by atoms with Crippen molar-refractivity contribution in [2.45, 2.75) is 161 Å². The Bertz CT molecular complexity index is 1280. The second kappa shape index (κ2) is 42.0. The zero-order chi connectivity index (χ0) is 42.6. The van der Waals surface area contributed by atoms with E-state index in [1.54, 1.807) is 0 Å². The molecule has 0 saturated heterocycles. The van der Waals surface area contributed by atoms with Crippen molar-refractivity contribution in [2.24, 2.45) is 5.73 Å². The number of hydrogen-bond donors (Lipinski definition) is 3. The van der Waals surface area contributed by atoms with Gasteiger partial charge in [-0.2, -0.15) is 0 Å². The third kappa shape index (κ3) is 41.1. The second-order valence-corrected chi connectivity index (χ2v) is 15.5. The molecule has 0 aliphatic heterocycles. The molecule has 0 bridgehead atoms. The van der Waals surface area contributed by atoms with E-state index in [1.807, 2.05) is 36.5 Å². The summed E-state index contributed by atoms with van der Waals surface area (Å²) in [6, 6.07) is 0. The summed E-state index contributed by atoms with van der Waals surface area (Å²) in [6.45, 7) is 3.43. The van der Waals surface area contributed by atoms with Gasteiger partial charge >= 0.3 is 19.8 Å². The van der Waals surface area contributed by atoms with Crippen LogP contribution in [0, 0.1) is 0 Å². The first-order chi connectivity index (χ1) is 28.2. The summed E-state index contributed by atoms with van der Waals surface area (Å²) in [5.41, 5.74) is 5.34. The molecule has 4 N–H and O–H groups in total. The van der Waals surface area contributed by atoms with E-state index in [-0.39, 0.29) is 38.7 Å². The predicted octanol–water partition coefficient (Wildman–Crippen LogP) is 11.6. The lowest BCUT2D eigenvalue weighted by Crippen LogP contribution is -2.29. The van der Waals surface area contributed by atoms with Gasteiger partial charge in [0.25, 0.3) is 0 Å². The van der Waals surface area contributed by atoms with Gasteiger partial charge in [-0.15, -0.1) is 0 Å². The van der Waals surface area contributed by atoms with Crippen LogP contribution in [0.3, 0.4) is 0 Å². The van der Waals surface area contributed by atoms with E-state index >= 15 is 0 Å². The van der Waals surface area contributed by atoms with Crippen LogP contribution < -0.4 is 5.73 Å². The number of carbonyl (C=O) groups is 2. The van der Waals surface area contributed by atoms with Crippen LogP contribution in [-0.4, -0.2) is 60.5 Å². The van der Waals surface area contributed by atoms with Crippen molar-refractivity contribution in [1.29, 1.82) is 0 Å². The fourth-order valence-electron chi connectivity index (χ4n) is 5.25. The Morgan fingerprint density at radius 2 is 1.12 bits per heavy atom. The van der Waals surface area contributed by atoms with Gasteiger partial charge in [0.1, 0.15) is 6.61 Å². The minimum atomic E-state index is -4.42. The predicted molar refractivity (Wildman–Crippen MR) is 239 cm³/mol. The van der Waals surface area contributed by atoms with Gasteiger partial charge in [-0.25, -0.2) is 4.57 Å². The smallest absolute Gasteiger partial charge is 0.462 e. The second-order valence-electron chi connectivity index (χ2n) is 14.1. The first-order valence-corrected chi connectivity index (χ1v) is 23.3. The molecule has 3 atom stereocenters. The van der Waals surface area contributed by atoms with Gasteiger partial charge in [0.2, 0.25) is 0 Å². The Labute approximate surface area is 351 Å². The maximum Gasteiger partial charge on any atom is 0.472 e. The van der Waals surface area contributed by atoms with Crippen LogP contribution in [0.5, 0.6) is 0 Å². The minimum Gasteiger partial charge on any atom is -0.462 e. The number of unbranched alkanes of at least 4 members (excludes halogenated alkanes) is 9. The molecule has 0 aromatic rings. The molecule has 330 valence electrons. The highest BCUT2D eigenvalue weighted by molar-refractivity contribution is 7.47. The Morgan fingerprint density at radius 3 is 1.71 bits per heavy atom. The maximum absolute atomic E-state index is 12.6. The molecule has 1 unspecified atom stereocenters. The summed E-state index contributed by atoms with van der Waals surface area (Å²) < 4.78 is 32.7. The molecule has 0 saturated carbocycles. The number of hydrogen-bond acceptors (Lipinski definition) is 9. The van der Waals surface area contributed by atoms with E-state index in [2.05, 4.69) is 74.6 Å². The van der Waals surface area contributed by atoms with Crippen LogP contribution in [0.15, 0.2) is 97.2 Å². The molecule has 0 spiro atoms. The van der Waals surface area contributed by atoms with Gasteiger partial charge in [0, 0.05) is 19.4 Å². The molecule has 0 radical (unpaired) electrons. The first kappa shape index (κ1) is 54.9. The Balaban J connectivity index is 4.38. The lowest BCUT2D eigenvalue weighted by Gasteiger charge is -2.19. The molecule has 58 heavy (non-hydrogen) atoms. The third-order valence-corrected chi connectivity index (χ3v) is 9.53. The lowest BCUT2D eigenvalue weighted by atomic mass is 10.1. The highest BCUT2D eigenvalue weighted by atomic mass is 31.2. The van der Waals surface area contributed by atoms with Crippen LogP contribution in [0.2, 0.25) is 0 Å². The van der Waals surface area contributed by atoms with E-state index in [9.17, 15) is 24.2 Å². The standard InChI is InChI=1S/C47H78NO9P/c1-3-5-7-8-9-10-11-12-13-14-15-16-17-18-21-24-27-30-34-38-46(50)54-42-45(43-56-58(52,53)55-41-40-48)57-47(51)39-35-31-28-25-22-19-20-23-26-29-33-37-44(49)36-32-6-4-2/h9-10,12-13,15-16,18-21,25-26,28-29,33,37,44-45,49H,3-8,11,14,17,22-24,27,30-32,34-36,38-43,48H2,1-2H3,(H,52,53)/b10-9-,13-12-,16-15-,20-19-,21-18-,28-25-,29-26-,37-33+/t44-,45+/m0/s1. The van der Waals surface area contributed by atoms with Crippen molar-refractivity contribution in [3.63, 3.8) is 0 Å². The highest BCUT2D eigenvalue weighted by Crippen LogP contribution is 2.43. The van der Waals surface area contributed by atoms with Crippen molar-refractivity contribution in [1.82, 2.24) is 0 Å². The van der Waals surface area contributed by atoms with E-state index in [0.29, 0.717) is 19.3 Å². The van der Waals surface area contributed by atoms with Crippen LogP contribution in [0.25, 0.3) is 0 Å². The molecule has 0 amide bonds. The van der Waals surface area contributed by atoms with Crippen LogP contribution in [0.4, 0.5) is 0 Å². The van der Waals surface area contributed by atoms with Gasteiger partial charge in [-0.05, 0) is 83.5 Å². The molecule has 0 aliphatic carbocycles. The zero-order valence-electron chi connectivity index (χ0n) is 35.8. The molecule has 0 aromatic heterocycles. The van der Waals surface area contributed by atoms with Gasteiger partial charge in [-0.3, -0.25) is 18.6 Å². The molecule has 0 aromatic carbocycles. The Hall–Kier alpha value is -3.11. The molecule has 0 heterocycles. The number of esters is 2. The number of rotatable bonds is 39. The summed E-state index contributed by atoms with van der Waals surface area (Å²) in [5.74, 6) is -0.967.